The summed E-state index contributed by atoms with van der Waals surface area (Å²) in [6.07, 6.45) is 0.922. The van der Waals surface area contributed by atoms with Gasteiger partial charge in [-0.3, -0.25) is 0 Å². The van der Waals surface area contributed by atoms with Crippen LogP contribution in [0.5, 0.6) is 11.5 Å². The minimum Gasteiger partial charge on any atom is -0.454 e. The highest BCUT2D eigenvalue weighted by atomic mass is 127. The van der Waals surface area contributed by atoms with Crippen molar-refractivity contribution in [3.63, 3.8) is 0 Å². The number of nitrogens with zero attached hydrogens (tertiary/aromatic N) is 1. The van der Waals surface area contributed by atoms with E-state index in [1.165, 1.54) is 4.88 Å². The summed E-state index contributed by atoms with van der Waals surface area (Å²) in [4.78, 5) is 5.88. The fraction of sp³-hybridized carbons (Fsp3) is 0.353. The number of fused-ring (bicyclic) bond motifs is 1. The lowest BCUT2D eigenvalue weighted by Gasteiger charge is -2.11. The summed E-state index contributed by atoms with van der Waals surface area (Å²) in [5.74, 6) is 2.38. The second-order valence-electron chi connectivity index (χ2n) is 5.27. The highest BCUT2D eigenvalue weighted by Gasteiger charge is 2.12. The molecule has 0 bridgehead atoms. The number of thiophene rings is 1. The summed E-state index contributed by atoms with van der Waals surface area (Å²) in [6.45, 7) is 4.55. The van der Waals surface area contributed by atoms with Crippen molar-refractivity contribution in [1.82, 2.24) is 10.6 Å². The molecule has 0 amide bonds. The molecule has 1 aromatic carbocycles. The van der Waals surface area contributed by atoms with Crippen LogP contribution in [0.1, 0.15) is 17.4 Å². The lowest BCUT2D eigenvalue weighted by atomic mass is 10.2. The van der Waals surface area contributed by atoms with Gasteiger partial charge in [0.1, 0.15) is 0 Å². The largest absolute Gasteiger partial charge is 0.454 e. The number of ether oxygens (including phenoxy) is 2. The van der Waals surface area contributed by atoms with Gasteiger partial charge >= 0.3 is 0 Å². The summed E-state index contributed by atoms with van der Waals surface area (Å²) in [5, 5.41) is 6.60. The fourth-order valence-corrected chi connectivity index (χ4v) is 3.43. The maximum Gasteiger partial charge on any atom is 0.231 e. The average molecular weight is 494 g/mol. The van der Waals surface area contributed by atoms with Crippen molar-refractivity contribution in [2.75, 3.05) is 19.9 Å². The van der Waals surface area contributed by atoms with Gasteiger partial charge in [-0.15, -0.1) is 35.3 Å². The summed E-state index contributed by atoms with van der Waals surface area (Å²) in [6, 6.07) is 9.90. The standard InChI is InChI=1S/C17H20ClN3O2S.HI/c1-2-19-17(20-8-7-13-4-6-16(18)24-13)21-10-12-3-5-14-15(9-12)23-11-22-14;/h3-6,9H,2,7-8,10-11H2,1H3,(H2,19,20,21);1H. The molecular weight excluding hydrogens is 473 g/mol. The Morgan fingerprint density at radius 3 is 2.80 bits per heavy atom. The molecule has 1 aliphatic heterocycles. The second-order valence-corrected chi connectivity index (χ2v) is 7.07. The van der Waals surface area contributed by atoms with Gasteiger partial charge in [-0.25, -0.2) is 4.99 Å². The van der Waals surface area contributed by atoms with Crippen molar-refractivity contribution in [2.45, 2.75) is 19.9 Å². The van der Waals surface area contributed by atoms with Crippen molar-refractivity contribution in [3.05, 3.63) is 45.1 Å². The van der Waals surface area contributed by atoms with Gasteiger partial charge in [0.2, 0.25) is 6.79 Å². The SMILES string of the molecule is CCNC(=NCc1ccc2c(c1)OCO2)NCCc1ccc(Cl)s1.I. The van der Waals surface area contributed by atoms with E-state index in [0.717, 1.165) is 46.9 Å². The summed E-state index contributed by atoms with van der Waals surface area (Å²) < 4.78 is 11.5. The topological polar surface area (TPSA) is 54.9 Å². The van der Waals surface area contributed by atoms with E-state index >= 15 is 0 Å². The Kier molecular flexibility index (Phi) is 8.11. The van der Waals surface area contributed by atoms with Crippen LogP contribution in [0.25, 0.3) is 0 Å². The summed E-state index contributed by atoms with van der Waals surface area (Å²) >= 11 is 7.57. The number of aliphatic imine (C=N–C) groups is 1. The Morgan fingerprint density at radius 2 is 2.04 bits per heavy atom. The Balaban J connectivity index is 0.00000225. The third-order valence-corrected chi connectivity index (χ3v) is 4.78. The van der Waals surface area contributed by atoms with Crippen LogP contribution in [0.4, 0.5) is 0 Å². The zero-order chi connectivity index (χ0) is 16.8. The molecule has 0 saturated carbocycles. The van der Waals surface area contributed by atoms with Gasteiger partial charge in [0.25, 0.3) is 0 Å². The monoisotopic (exact) mass is 493 g/mol. The van der Waals surface area contributed by atoms with Crippen molar-refractivity contribution in [3.8, 4) is 11.5 Å². The normalized spacial score (nSPS) is 12.6. The zero-order valence-corrected chi connectivity index (χ0v) is 17.8. The van der Waals surface area contributed by atoms with Gasteiger partial charge in [0.05, 0.1) is 10.9 Å². The molecule has 3 rings (SSSR count). The number of benzene rings is 1. The quantitative estimate of drug-likeness (QED) is 0.362. The van der Waals surface area contributed by atoms with Crippen molar-refractivity contribution in [1.29, 1.82) is 0 Å². The first-order valence-corrected chi connectivity index (χ1v) is 9.09. The Hall–Kier alpha value is -1.19. The third kappa shape index (κ3) is 5.93. The van der Waals surface area contributed by atoms with E-state index in [1.807, 2.05) is 24.3 Å². The first-order valence-electron chi connectivity index (χ1n) is 7.89. The van der Waals surface area contributed by atoms with E-state index < -0.39 is 0 Å². The molecule has 0 saturated heterocycles. The van der Waals surface area contributed by atoms with Gasteiger partial charge in [-0.1, -0.05) is 17.7 Å². The van der Waals surface area contributed by atoms with Crippen LogP contribution in [0, 0.1) is 0 Å². The molecular formula is C17H21ClIN3O2S. The number of hydrogen-bond donors (Lipinski definition) is 2. The first-order chi connectivity index (χ1) is 11.7. The third-order valence-electron chi connectivity index (χ3n) is 3.49. The van der Waals surface area contributed by atoms with Gasteiger partial charge in [-0.05, 0) is 43.2 Å². The molecule has 0 spiro atoms. The van der Waals surface area contributed by atoms with E-state index in [-0.39, 0.29) is 24.0 Å². The molecule has 0 fully saturated rings. The molecule has 2 aromatic rings. The number of guanidine groups is 1. The van der Waals surface area contributed by atoms with E-state index in [2.05, 4.69) is 28.6 Å². The van der Waals surface area contributed by atoms with Crippen molar-refractivity contribution < 1.29 is 9.47 Å². The molecule has 0 atom stereocenters. The van der Waals surface area contributed by atoms with E-state index in [9.17, 15) is 0 Å². The van der Waals surface area contributed by atoms with Crippen LogP contribution >= 0.6 is 46.9 Å². The lowest BCUT2D eigenvalue weighted by molar-refractivity contribution is 0.174. The molecule has 136 valence electrons. The van der Waals surface area contributed by atoms with E-state index in [1.54, 1.807) is 11.3 Å². The van der Waals surface area contributed by atoms with Crippen LogP contribution < -0.4 is 20.1 Å². The Labute approximate surface area is 173 Å². The molecule has 5 nitrogen and oxygen atoms in total. The first kappa shape index (κ1) is 20.1. The molecule has 0 radical (unpaired) electrons. The summed E-state index contributed by atoms with van der Waals surface area (Å²) in [5.41, 5.74) is 1.08. The predicted octanol–water partition coefficient (Wildman–Crippen LogP) is 4.05. The fourth-order valence-electron chi connectivity index (χ4n) is 2.34. The molecule has 25 heavy (non-hydrogen) atoms. The van der Waals surface area contributed by atoms with Gasteiger partial charge in [0.15, 0.2) is 17.5 Å². The maximum atomic E-state index is 5.95. The van der Waals surface area contributed by atoms with Gasteiger partial charge < -0.3 is 20.1 Å². The smallest absolute Gasteiger partial charge is 0.231 e. The highest BCUT2D eigenvalue weighted by Crippen LogP contribution is 2.32. The van der Waals surface area contributed by atoms with Crippen LogP contribution in [0.15, 0.2) is 35.3 Å². The van der Waals surface area contributed by atoms with Crippen molar-refractivity contribution >= 4 is 52.9 Å². The molecule has 8 heteroatoms. The maximum absolute atomic E-state index is 5.95. The predicted molar refractivity (Wildman–Crippen MR) is 114 cm³/mol. The molecule has 1 aromatic heterocycles. The van der Waals surface area contributed by atoms with Crippen LogP contribution in [-0.2, 0) is 13.0 Å². The lowest BCUT2D eigenvalue weighted by Crippen LogP contribution is -2.38. The zero-order valence-electron chi connectivity index (χ0n) is 13.9. The highest BCUT2D eigenvalue weighted by molar-refractivity contribution is 14.0. The molecule has 1 aliphatic rings. The minimum atomic E-state index is 0. The number of nitrogens with one attached hydrogen (secondary N) is 2. The van der Waals surface area contributed by atoms with Crippen LogP contribution in [0.3, 0.4) is 0 Å². The van der Waals surface area contributed by atoms with Crippen LogP contribution in [0.2, 0.25) is 4.34 Å². The van der Waals surface area contributed by atoms with E-state index in [4.69, 9.17) is 21.1 Å². The Bertz CT molecular complexity index is 724. The summed E-state index contributed by atoms with van der Waals surface area (Å²) in [7, 11) is 0. The Morgan fingerprint density at radius 1 is 1.20 bits per heavy atom. The minimum absolute atomic E-state index is 0. The van der Waals surface area contributed by atoms with E-state index in [0.29, 0.717) is 13.3 Å². The number of hydrogen-bond acceptors (Lipinski definition) is 4. The second kappa shape index (κ2) is 10.1. The molecule has 0 aliphatic carbocycles. The molecule has 2 heterocycles. The van der Waals surface area contributed by atoms with Gasteiger partial charge in [-0.2, -0.15) is 0 Å². The van der Waals surface area contributed by atoms with Gasteiger partial charge in [0, 0.05) is 18.0 Å². The molecule has 2 N–H and O–H groups in total. The van der Waals surface area contributed by atoms with Crippen molar-refractivity contribution in [2.24, 2.45) is 4.99 Å². The number of halogens is 2. The molecule has 0 unspecified atom stereocenters. The average Bonchev–Trinajstić information content (AvgIpc) is 3.20. The van der Waals surface area contributed by atoms with Crippen LogP contribution in [-0.4, -0.2) is 25.8 Å². The number of rotatable bonds is 6.